The Hall–Kier alpha value is -0.443. The van der Waals surface area contributed by atoms with Crippen molar-refractivity contribution in [2.24, 2.45) is 0 Å². The maximum atomic E-state index is 3.70. The fourth-order valence-electron chi connectivity index (χ4n) is 0.995. The van der Waals surface area contributed by atoms with Gasteiger partial charge in [0.1, 0.15) is 0 Å². The molecule has 0 spiro atoms. The minimum absolute atomic E-state index is 0.979. The van der Waals surface area contributed by atoms with Gasteiger partial charge in [-0.05, 0) is 0 Å². The van der Waals surface area contributed by atoms with E-state index in [9.17, 15) is 0 Å². The fourth-order valence-corrected chi connectivity index (χ4v) is 0.995. The molecule has 10 heavy (non-hydrogen) atoms. The molecule has 0 saturated heterocycles. The molecule has 0 atom stereocenters. The summed E-state index contributed by atoms with van der Waals surface area (Å²) in [5, 5.41) is 0. The van der Waals surface area contributed by atoms with Gasteiger partial charge in [-0.1, -0.05) is 0 Å². The Morgan fingerprint density at radius 3 is 2.70 bits per heavy atom. The third-order valence-electron chi connectivity index (χ3n) is 1.63. The molecule has 1 heteroatoms. The van der Waals surface area contributed by atoms with Crippen molar-refractivity contribution in [3.05, 3.63) is 42.5 Å². The van der Waals surface area contributed by atoms with Crippen molar-refractivity contribution in [1.29, 1.82) is 0 Å². The average Bonchev–Trinajstić information content (AvgIpc) is 1.94. The predicted octanol–water partition coefficient (Wildman–Crippen LogP) is 1.21. The van der Waals surface area contributed by atoms with Gasteiger partial charge in [-0.15, -0.1) is 0 Å². The van der Waals surface area contributed by atoms with E-state index in [0.717, 1.165) is 6.42 Å². The Morgan fingerprint density at radius 1 is 1.40 bits per heavy atom. The van der Waals surface area contributed by atoms with Gasteiger partial charge in [-0.2, -0.15) is 0 Å². The van der Waals surface area contributed by atoms with Gasteiger partial charge in [0.2, 0.25) is 0 Å². The van der Waals surface area contributed by atoms with Crippen molar-refractivity contribution in [1.82, 2.24) is 0 Å². The Morgan fingerprint density at radius 2 is 2.10 bits per heavy atom. The van der Waals surface area contributed by atoms with Crippen LogP contribution in [-0.4, -0.2) is 17.7 Å². The van der Waals surface area contributed by atoms with Crippen LogP contribution in [-0.2, 0) is 6.42 Å². The Kier molecular flexibility index (Phi) is 2.80. The van der Waals surface area contributed by atoms with Gasteiger partial charge < -0.3 is 0 Å². The SMILES string of the molecule is [Li][c]1ccccc1CC=C. The van der Waals surface area contributed by atoms with Crippen LogP contribution >= 0.6 is 0 Å². The molecule has 0 heterocycles. The maximum absolute atomic E-state index is 3.70. The number of allylic oxidation sites excluding steroid dienone is 1. The van der Waals surface area contributed by atoms with E-state index in [4.69, 9.17) is 0 Å². The van der Waals surface area contributed by atoms with Gasteiger partial charge in [-0.25, -0.2) is 0 Å². The summed E-state index contributed by atoms with van der Waals surface area (Å²) < 4.78 is 1.35. The zero-order valence-electron chi connectivity index (χ0n) is 6.30. The fraction of sp³-hybridized carbons (Fsp3) is 0.111. The summed E-state index contributed by atoms with van der Waals surface area (Å²) in [6.45, 7) is 3.70. The quantitative estimate of drug-likeness (QED) is 0.410. The summed E-state index contributed by atoms with van der Waals surface area (Å²) in [5.41, 5.74) is 1.37. The van der Waals surface area contributed by atoms with Crippen molar-refractivity contribution in [3.63, 3.8) is 0 Å². The Labute approximate surface area is 71.2 Å². The van der Waals surface area contributed by atoms with E-state index in [2.05, 4.69) is 48.6 Å². The first-order valence-corrected chi connectivity index (χ1v) is 3.50. The molecule has 0 aliphatic rings. The molecule has 0 N–H and O–H groups in total. The van der Waals surface area contributed by atoms with Gasteiger partial charge in [0.15, 0.2) is 0 Å². The topological polar surface area (TPSA) is 0 Å². The first-order valence-electron chi connectivity index (χ1n) is 3.50. The Bertz CT molecular complexity index is 228. The molecule has 0 aliphatic heterocycles. The van der Waals surface area contributed by atoms with Crippen LogP contribution in [0.2, 0.25) is 0 Å². The first-order chi connectivity index (χ1) is 4.84. The van der Waals surface area contributed by atoms with Crippen LogP contribution < -0.4 is 4.24 Å². The molecule has 1 aromatic carbocycles. The van der Waals surface area contributed by atoms with Crippen molar-refractivity contribution < 1.29 is 0 Å². The second-order valence-electron chi connectivity index (χ2n) is 2.42. The second kappa shape index (κ2) is 3.66. The van der Waals surface area contributed by atoms with Crippen LogP contribution in [0.15, 0.2) is 36.9 Å². The molecule has 0 nitrogen and oxygen atoms in total. The zero-order chi connectivity index (χ0) is 7.40. The number of hydrogen-bond acceptors (Lipinski definition) is 0. The van der Waals surface area contributed by atoms with Gasteiger partial charge >= 0.3 is 70.9 Å². The van der Waals surface area contributed by atoms with Gasteiger partial charge in [-0.3, -0.25) is 0 Å². The number of benzene rings is 1. The molecule has 0 amide bonds. The average molecular weight is 124 g/mol. The summed E-state index contributed by atoms with van der Waals surface area (Å²) in [4.78, 5) is 0. The van der Waals surface area contributed by atoms with Crippen LogP contribution in [0.1, 0.15) is 5.56 Å². The minimum atomic E-state index is 0.979. The van der Waals surface area contributed by atoms with Crippen LogP contribution in [0.4, 0.5) is 0 Å². The molecular weight excluding hydrogens is 115 g/mol. The van der Waals surface area contributed by atoms with Gasteiger partial charge in [0.05, 0.1) is 0 Å². The first kappa shape index (κ1) is 7.66. The summed E-state index contributed by atoms with van der Waals surface area (Å²) in [5.74, 6) is 0. The van der Waals surface area contributed by atoms with E-state index in [-0.39, 0.29) is 0 Å². The molecule has 0 radical (unpaired) electrons. The predicted molar refractivity (Wildman–Crippen MR) is 45.7 cm³/mol. The van der Waals surface area contributed by atoms with Crippen molar-refractivity contribution >= 4 is 22.0 Å². The van der Waals surface area contributed by atoms with Crippen LogP contribution in [0, 0.1) is 0 Å². The molecule has 0 fully saturated rings. The summed E-state index contributed by atoms with van der Waals surface area (Å²) in [7, 11) is 0. The number of rotatable bonds is 2. The van der Waals surface area contributed by atoms with E-state index in [1.165, 1.54) is 9.80 Å². The molecule has 46 valence electrons. The molecular formula is C9H9Li. The Balaban J connectivity index is 2.91. The summed E-state index contributed by atoms with van der Waals surface area (Å²) >= 11 is 2.12. The van der Waals surface area contributed by atoms with Crippen molar-refractivity contribution in [3.8, 4) is 0 Å². The molecule has 0 aromatic heterocycles. The van der Waals surface area contributed by atoms with Gasteiger partial charge in [0, 0.05) is 0 Å². The van der Waals surface area contributed by atoms with E-state index < -0.39 is 0 Å². The second-order valence-corrected chi connectivity index (χ2v) is 2.42. The standard InChI is InChI=1S/C9H9.Li/c1-2-6-9-7-4-3-5-8-9;/h2-5,7H,1,6H2;. The van der Waals surface area contributed by atoms with Gasteiger partial charge in [0.25, 0.3) is 0 Å². The monoisotopic (exact) mass is 124 g/mol. The van der Waals surface area contributed by atoms with Crippen LogP contribution in [0.3, 0.4) is 0 Å². The van der Waals surface area contributed by atoms with Crippen molar-refractivity contribution in [2.75, 3.05) is 0 Å². The van der Waals surface area contributed by atoms with E-state index >= 15 is 0 Å². The molecule has 0 bridgehead atoms. The van der Waals surface area contributed by atoms with Crippen molar-refractivity contribution in [2.45, 2.75) is 6.42 Å². The third kappa shape index (κ3) is 1.77. The summed E-state index contributed by atoms with van der Waals surface area (Å²) in [6.07, 6.45) is 2.91. The molecule has 1 aromatic rings. The zero-order valence-corrected chi connectivity index (χ0v) is 6.30. The summed E-state index contributed by atoms with van der Waals surface area (Å²) in [6, 6.07) is 8.38. The molecule has 1 rings (SSSR count). The van der Waals surface area contributed by atoms with Crippen LogP contribution in [0.5, 0.6) is 0 Å². The third-order valence-corrected chi connectivity index (χ3v) is 1.63. The van der Waals surface area contributed by atoms with E-state index in [1.807, 2.05) is 6.08 Å². The molecule has 0 saturated carbocycles. The molecule has 0 unspecified atom stereocenters. The van der Waals surface area contributed by atoms with E-state index in [1.54, 1.807) is 0 Å². The number of hydrogen-bond donors (Lipinski definition) is 0. The van der Waals surface area contributed by atoms with Crippen LogP contribution in [0.25, 0.3) is 0 Å². The normalized spacial score (nSPS) is 9.40. The molecule has 0 aliphatic carbocycles. The van der Waals surface area contributed by atoms with E-state index in [0.29, 0.717) is 0 Å².